The minimum atomic E-state index is -0.870. The molecule has 0 spiro atoms. The van der Waals surface area contributed by atoms with E-state index in [4.69, 9.17) is 4.74 Å². The fourth-order valence-electron chi connectivity index (χ4n) is 2.73. The van der Waals surface area contributed by atoms with Crippen LogP contribution in [0.2, 0.25) is 0 Å². The molecule has 0 N–H and O–H groups in total. The molecule has 0 saturated carbocycles. The van der Waals surface area contributed by atoms with Crippen LogP contribution < -0.4 is 9.64 Å². The molecule has 0 aromatic heterocycles. The number of carbonyl (C=O) groups excluding carboxylic acids is 3. The number of anilines is 1. The molecule has 1 heterocycles. The van der Waals surface area contributed by atoms with Crippen molar-refractivity contribution in [2.24, 2.45) is 0 Å². The summed E-state index contributed by atoms with van der Waals surface area (Å²) in [4.78, 5) is 39.4. The third-order valence-electron chi connectivity index (χ3n) is 4.05. The van der Waals surface area contributed by atoms with Crippen molar-refractivity contribution in [2.45, 2.75) is 20.4 Å². The van der Waals surface area contributed by atoms with Crippen LogP contribution in [0.3, 0.4) is 0 Å². The SMILES string of the molecule is CCOc1ccccc1N1C(=O)C(=O)N(Cc2ccccc2C)C1=O. The zero-order valence-corrected chi connectivity index (χ0v) is 14.1. The Morgan fingerprint density at radius 2 is 1.60 bits per heavy atom. The Bertz CT molecular complexity index is 847. The highest BCUT2D eigenvalue weighted by Crippen LogP contribution is 2.32. The van der Waals surface area contributed by atoms with Gasteiger partial charge in [-0.2, -0.15) is 0 Å². The van der Waals surface area contributed by atoms with Gasteiger partial charge >= 0.3 is 17.8 Å². The molecule has 1 aliphatic heterocycles. The van der Waals surface area contributed by atoms with Crippen LogP contribution in [-0.2, 0) is 16.1 Å². The van der Waals surface area contributed by atoms with E-state index in [1.807, 2.05) is 31.2 Å². The Balaban J connectivity index is 1.94. The maximum Gasteiger partial charge on any atom is 0.339 e. The van der Waals surface area contributed by atoms with Crippen molar-refractivity contribution in [2.75, 3.05) is 11.5 Å². The van der Waals surface area contributed by atoms with Gasteiger partial charge in [-0.25, -0.2) is 9.69 Å². The van der Waals surface area contributed by atoms with E-state index in [2.05, 4.69) is 0 Å². The lowest BCUT2D eigenvalue weighted by Gasteiger charge is -2.18. The van der Waals surface area contributed by atoms with Gasteiger partial charge in [-0.3, -0.25) is 14.5 Å². The Morgan fingerprint density at radius 3 is 2.32 bits per heavy atom. The monoisotopic (exact) mass is 338 g/mol. The Labute approximate surface area is 145 Å². The number of aryl methyl sites for hydroxylation is 1. The van der Waals surface area contributed by atoms with Crippen LogP contribution in [-0.4, -0.2) is 29.4 Å². The smallest absolute Gasteiger partial charge is 0.339 e. The lowest BCUT2D eigenvalue weighted by molar-refractivity contribution is -0.139. The molecular formula is C19H18N2O4. The van der Waals surface area contributed by atoms with Gasteiger partial charge in [0, 0.05) is 0 Å². The number of benzene rings is 2. The molecule has 6 nitrogen and oxygen atoms in total. The second kappa shape index (κ2) is 6.76. The van der Waals surface area contributed by atoms with Gasteiger partial charge in [0.2, 0.25) is 0 Å². The fourth-order valence-corrected chi connectivity index (χ4v) is 2.73. The molecule has 2 aromatic rings. The van der Waals surface area contributed by atoms with Gasteiger partial charge in [0.05, 0.1) is 18.8 Å². The van der Waals surface area contributed by atoms with Gasteiger partial charge in [0.25, 0.3) is 0 Å². The van der Waals surface area contributed by atoms with E-state index in [1.165, 1.54) is 0 Å². The van der Waals surface area contributed by atoms with Gasteiger partial charge in [-0.1, -0.05) is 36.4 Å². The third-order valence-corrected chi connectivity index (χ3v) is 4.05. The number of hydrogen-bond donors (Lipinski definition) is 0. The molecule has 0 atom stereocenters. The molecule has 0 aliphatic carbocycles. The topological polar surface area (TPSA) is 66.9 Å². The van der Waals surface area contributed by atoms with Gasteiger partial charge < -0.3 is 4.74 Å². The predicted molar refractivity (Wildman–Crippen MR) is 92.2 cm³/mol. The maximum atomic E-state index is 12.8. The first kappa shape index (κ1) is 16.7. The molecule has 1 aliphatic rings. The zero-order valence-electron chi connectivity index (χ0n) is 14.1. The van der Waals surface area contributed by atoms with E-state index >= 15 is 0 Å². The van der Waals surface area contributed by atoms with Gasteiger partial charge in [-0.15, -0.1) is 0 Å². The molecule has 0 bridgehead atoms. The van der Waals surface area contributed by atoms with Crippen LogP contribution in [0.4, 0.5) is 10.5 Å². The van der Waals surface area contributed by atoms with E-state index in [0.29, 0.717) is 12.4 Å². The van der Waals surface area contributed by atoms with E-state index < -0.39 is 17.8 Å². The van der Waals surface area contributed by atoms with Crippen LogP contribution in [0, 0.1) is 6.92 Å². The summed E-state index contributed by atoms with van der Waals surface area (Å²) in [5.41, 5.74) is 2.04. The number of urea groups is 1. The molecule has 0 radical (unpaired) electrons. The van der Waals surface area contributed by atoms with Crippen molar-refractivity contribution in [3.63, 3.8) is 0 Å². The quantitative estimate of drug-likeness (QED) is 0.621. The summed E-state index contributed by atoms with van der Waals surface area (Å²) >= 11 is 0. The van der Waals surface area contributed by atoms with Crippen LogP contribution >= 0.6 is 0 Å². The molecule has 1 fully saturated rings. The molecule has 128 valence electrons. The van der Waals surface area contributed by atoms with Crippen molar-refractivity contribution >= 4 is 23.5 Å². The van der Waals surface area contributed by atoms with Gasteiger partial charge in [-0.05, 0) is 37.1 Å². The summed E-state index contributed by atoms with van der Waals surface area (Å²) in [6.07, 6.45) is 0. The van der Waals surface area contributed by atoms with Crippen molar-refractivity contribution in [3.8, 4) is 5.75 Å². The van der Waals surface area contributed by atoms with Crippen LogP contribution in [0.25, 0.3) is 0 Å². The summed E-state index contributed by atoms with van der Waals surface area (Å²) in [6, 6.07) is 13.4. The van der Waals surface area contributed by atoms with Crippen LogP contribution in [0.5, 0.6) is 5.75 Å². The first-order chi connectivity index (χ1) is 12.0. The number of rotatable bonds is 5. The molecule has 2 aromatic carbocycles. The van der Waals surface area contributed by atoms with Gasteiger partial charge in [0.1, 0.15) is 5.75 Å². The highest BCUT2D eigenvalue weighted by atomic mass is 16.5. The summed E-state index contributed by atoms with van der Waals surface area (Å²) in [5, 5.41) is 0. The first-order valence-electron chi connectivity index (χ1n) is 8.00. The minimum Gasteiger partial charge on any atom is -0.492 e. The average Bonchev–Trinajstić information content (AvgIpc) is 2.81. The molecule has 25 heavy (non-hydrogen) atoms. The maximum absolute atomic E-state index is 12.8. The molecular weight excluding hydrogens is 320 g/mol. The summed E-state index contributed by atoms with van der Waals surface area (Å²) in [6.45, 7) is 4.14. The van der Waals surface area contributed by atoms with Crippen molar-refractivity contribution in [1.29, 1.82) is 0 Å². The number of ether oxygens (including phenoxy) is 1. The summed E-state index contributed by atoms with van der Waals surface area (Å²) < 4.78 is 5.48. The minimum absolute atomic E-state index is 0.0589. The van der Waals surface area contributed by atoms with E-state index in [0.717, 1.165) is 20.9 Å². The Morgan fingerprint density at radius 1 is 0.920 bits per heavy atom. The summed E-state index contributed by atoms with van der Waals surface area (Å²) in [7, 11) is 0. The van der Waals surface area contributed by atoms with E-state index in [-0.39, 0.29) is 12.2 Å². The standard InChI is InChI=1S/C19H18N2O4/c1-3-25-16-11-7-6-10-15(16)21-18(23)17(22)20(19(21)24)12-14-9-5-4-8-13(14)2/h4-11H,3,12H2,1-2H3. The second-order valence-electron chi connectivity index (χ2n) is 5.64. The highest BCUT2D eigenvalue weighted by molar-refractivity contribution is 6.52. The van der Waals surface area contributed by atoms with Gasteiger partial charge in [0.15, 0.2) is 0 Å². The number of para-hydroxylation sites is 2. The number of nitrogens with zero attached hydrogens (tertiary/aromatic N) is 2. The Kier molecular flexibility index (Phi) is 4.52. The molecule has 6 heteroatoms. The van der Waals surface area contributed by atoms with E-state index in [1.54, 1.807) is 31.2 Å². The predicted octanol–water partition coefficient (Wildman–Crippen LogP) is 2.89. The third kappa shape index (κ3) is 2.98. The van der Waals surface area contributed by atoms with Crippen molar-refractivity contribution in [1.82, 2.24) is 4.90 Å². The number of amides is 4. The van der Waals surface area contributed by atoms with Crippen molar-refractivity contribution in [3.05, 3.63) is 59.7 Å². The highest BCUT2D eigenvalue weighted by Gasteiger charge is 2.46. The number of carbonyl (C=O) groups is 3. The lowest BCUT2D eigenvalue weighted by Crippen LogP contribution is -2.33. The second-order valence-corrected chi connectivity index (χ2v) is 5.64. The normalized spacial score (nSPS) is 14.4. The lowest BCUT2D eigenvalue weighted by atomic mass is 10.1. The number of imide groups is 2. The molecule has 0 unspecified atom stereocenters. The summed E-state index contributed by atoms with van der Waals surface area (Å²) in [5.74, 6) is -1.32. The van der Waals surface area contributed by atoms with Crippen LogP contribution in [0.1, 0.15) is 18.1 Å². The first-order valence-corrected chi connectivity index (χ1v) is 8.00. The van der Waals surface area contributed by atoms with Crippen molar-refractivity contribution < 1.29 is 19.1 Å². The van der Waals surface area contributed by atoms with Crippen LogP contribution in [0.15, 0.2) is 48.5 Å². The van der Waals surface area contributed by atoms with E-state index in [9.17, 15) is 14.4 Å². The molecule has 1 saturated heterocycles. The molecule has 3 rings (SSSR count). The number of hydrogen-bond acceptors (Lipinski definition) is 4. The average molecular weight is 338 g/mol. The molecule has 4 amide bonds. The largest absolute Gasteiger partial charge is 0.492 e. The fraction of sp³-hybridized carbons (Fsp3) is 0.211. The zero-order chi connectivity index (χ0) is 18.0. The Hall–Kier alpha value is -3.15.